The number of carboxylic acid groups (broad SMARTS) is 1. The van der Waals surface area contributed by atoms with Crippen molar-refractivity contribution in [3.8, 4) is 0 Å². The maximum atomic E-state index is 11.7. The van der Waals surface area contributed by atoms with Crippen LogP contribution in [-0.2, 0) is 4.74 Å². The van der Waals surface area contributed by atoms with Gasteiger partial charge in [-0.15, -0.1) is 0 Å². The third-order valence-electron chi connectivity index (χ3n) is 3.20. The number of hydrogen-bond donors (Lipinski definition) is 2. The number of aromatic carboxylic acids is 1. The summed E-state index contributed by atoms with van der Waals surface area (Å²) in [5.74, 6) is -0.812. The van der Waals surface area contributed by atoms with Gasteiger partial charge in [-0.1, -0.05) is 24.2 Å². The van der Waals surface area contributed by atoms with Crippen molar-refractivity contribution in [1.82, 2.24) is 4.98 Å². The van der Waals surface area contributed by atoms with E-state index in [4.69, 9.17) is 4.74 Å². The Labute approximate surface area is 127 Å². The Bertz CT molecular complexity index is 542. The molecule has 0 radical (unpaired) electrons. The fourth-order valence-corrected chi connectivity index (χ4v) is 3.28. The molecule has 0 aromatic carbocycles. The van der Waals surface area contributed by atoms with Crippen LogP contribution in [0.1, 0.15) is 67.7 Å². The number of carbonyl (C=O) groups excluding carboxylic acids is 1. The number of anilines is 1. The second-order valence-electron chi connectivity index (χ2n) is 6.15. The number of thiazole rings is 1. The van der Waals surface area contributed by atoms with Crippen molar-refractivity contribution in [1.29, 1.82) is 0 Å². The third kappa shape index (κ3) is 4.17. The van der Waals surface area contributed by atoms with Crippen molar-refractivity contribution in [2.75, 3.05) is 5.32 Å². The van der Waals surface area contributed by atoms with E-state index in [1.54, 1.807) is 20.8 Å². The van der Waals surface area contributed by atoms with E-state index in [0.29, 0.717) is 5.69 Å². The average molecular weight is 312 g/mol. The van der Waals surface area contributed by atoms with E-state index in [9.17, 15) is 14.7 Å². The van der Waals surface area contributed by atoms with Gasteiger partial charge < -0.3 is 9.84 Å². The lowest BCUT2D eigenvalue weighted by molar-refractivity contribution is 0.0634. The summed E-state index contributed by atoms with van der Waals surface area (Å²) in [4.78, 5) is 27.6. The van der Waals surface area contributed by atoms with Crippen LogP contribution in [0, 0.1) is 0 Å². The van der Waals surface area contributed by atoms with Crippen LogP contribution >= 0.6 is 11.3 Å². The highest BCUT2D eigenvalue weighted by atomic mass is 32.1. The molecule has 0 saturated heterocycles. The molecule has 0 aliphatic heterocycles. The monoisotopic (exact) mass is 312 g/mol. The Morgan fingerprint density at radius 1 is 1.33 bits per heavy atom. The number of aromatic nitrogens is 1. The van der Waals surface area contributed by atoms with Crippen molar-refractivity contribution < 1.29 is 19.4 Å². The minimum atomic E-state index is -0.994. The molecule has 7 heteroatoms. The zero-order valence-electron chi connectivity index (χ0n) is 12.4. The van der Waals surface area contributed by atoms with E-state index in [-0.39, 0.29) is 15.9 Å². The van der Waals surface area contributed by atoms with Crippen molar-refractivity contribution in [3.63, 3.8) is 0 Å². The van der Waals surface area contributed by atoms with E-state index in [0.717, 1.165) is 37.0 Å². The van der Waals surface area contributed by atoms with Crippen LogP contribution in [0.5, 0.6) is 0 Å². The summed E-state index contributed by atoms with van der Waals surface area (Å²) in [5, 5.41) is 12.1. The lowest BCUT2D eigenvalue weighted by atomic mass is 10.0. The van der Waals surface area contributed by atoms with Gasteiger partial charge in [-0.05, 0) is 33.6 Å². The summed E-state index contributed by atoms with van der Waals surface area (Å²) in [5.41, 5.74) is -0.0123. The van der Waals surface area contributed by atoms with Gasteiger partial charge in [0.15, 0.2) is 5.13 Å². The first-order valence-corrected chi connectivity index (χ1v) is 7.82. The fourth-order valence-electron chi connectivity index (χ4n) is 2.41. The van der Waals surface area contributed by atoms with E-state index in [2.05, 4.69) is 10.3 Å². The highest BCUT2D eigenvalue weighted by Gasteiger charge is 2.28. The number of carboxylic acids is 1. The van der Waals surface area contributed by atoms with Gasteiger partial charge in [0, 0.05) is 5.92 Å². The number of hydrogen-bond acceptors (Lipinski definition) is 5. The quantitative estimate of drug-likeness (QED) is 0.885. The number of rotatable bonds is 3. The number of nitrogens with one attached hydrogen (secondary N) is 1. The molecule has 116 valence electrons. The topological polar surface area (TPSA) is 88.5 Å². The number of ether oxygens (including phenoxy) is 1. The Kier molecular flexibility index (Phi) is 4.51. The molecule has 2 rings (SSSR count). The molecule has 1 aliphatic carbocycles. The van der Waals surface area contributed by atoms with Crippen LogP contribution in [0.15, 0.2) is 0 Å². The molecule has 2 N–H and O–H groups in total. The Morgan fingerprint density at radius 3 is 2.48 bits per heavy atom. The van der Waals surface area contributed by atoms with Crippen LogP contribution in [-0.4, -0.2) is 27.8 Å². The van der Waals surface area contributed by atoms with E-state index in [1.807, 2.05) is 0 Å². The standard InChI is InChI=1S/C14H20N2O4S/c1-14(2,3)20-13(19)16-12-15-9(8-6-4-5-7-8)10(21-12)11(17)18/h8H,4-7H2,1-3H3,(H,17,18)(H,15,16,19). The Morgan fingerprint density at radius 2 is 1.95 bits per heavy atom. The first-order chi connectivity index (χ1) is 9.76. The summed E-state index contributed by atoms with van der Waals surface area (Å²) in [6.45, 7) is 5.29. The minimum absolute atomic E-state index is 0.182. The molecular weight excluding hydrogens is 292 g/mol. The summed E-state index contributed by atoms with van der Waals surface area (Å²) >= 11 is 0.986. The van der Waals surface area contributed by atoms with Crippen molar-refractivity contribution in [2.24, 2.45) is 0 Å². The first-order valence-electron chi connectivity index (χ1n) is 7.00. The molecule has 0 atom stereocenters. The van der Waals surface area contributed by atoms with E-state index >= 15 is 0 Å². The predicted molar refractivity (Wildman–Crippen MR) is 80.1 cm³/mol. The van der Waals surface area contributed by atoms with Crippen molar-refractivity contribution in [3.05, 3.63) is 10.6 Å². The Balaban J connectivity index is 2.15. The molecular formula is C14H20N2O4S. The number of nitrogens with zero attached hydrogens (tertiary/aromatic N) is 1. The molecule has 1 aromatic heterocycles. The summed E-state index contributed by atoms with van der Waals surface area (Å²) < 4.78 is 5.15. The second-order valence-corrected chi connectivity index (χ2v) is 7.15. The van der Waals surface area contributed by atoms with Crippen molar-refractivity contribution in [2.45, 2.75) is 58.0 Å². The van der Waals surface area contributed by atoms with Gasteiger partial charge in [-0.25, -0.2) is 14.6 Å². The number of amides is 1. The largest absolute Gasteiger partial charge is 0.477 e. The second kappa shape index (κ2) is 6.01. The van der Waals surface area contributed by atoms with Crippen LogP contribution < -0.4 is 5.32 Å². The van der Waals surface area contributed by atoms with Crippen LogP contribution in [0.3, 0.4) is 0 Å². The number of carbonyl (C=O) groups is 2. The molecule has 1 fully saturated rings. The lowest BCUT2D eigenvalue weighted by Crippen LogP contribution is -2.27. The lowest BCUT2D eigenvalue weighted by Gasteiger charge is -2.18. The molecule has 0 unspecified atom stereocenters. The molecule has 0 spiro atoms. The van der Waals surface area contributed by atoms with Gasteiger partial charge in [0.2, 0.25) is 0 Å². The van der Waals surface area contributed by atoms with Gasteiger partial charge in [0.25, 0.3) is 0 Å². The van der Waals surface area contributed by atoms with Crippen LogP contribution in [0.2, 0.25) is 0 Å². The van der Waals surface area contributed by atoms with Crippen LogP contribution in [0.4, 0.5) is 9.93 Å². The maximum Gasteiger partial charge on any atom is 0.413 e. The first kappa shape index (κ1) is 15.8. The van der Waals surface area contributed by atoms with Gasteiger partial charge >= 0.3 is 12.1 Å². The average Bonchev–Trinajstić information content (AvgIpc) is 2.92. The minimum Gasteiger partial charge on any atom is -0.477 e. The maximum absolute atomic E-state index is 11.7. The summed E-state index contributed by atoms with van der Waals surface area (Å²) in [6, 6.07) is 0. The summed E-state index contributed by atoms with van der Waals surface area (Å²) in [7, 11) is 0. The van der Waals surface area contributed by atoms with Crippen LogP contribution in [0.25, 0.3) is 0 Å². The highest BCUT2D eigenvalue weighted by molar-refractivity contribution is 7.17. The zero-order chi connectivity index (χ0) is 15.6. The van der Waals surface area contributed by atoms with Gasteiger partial charge in [-0.3, -0.25) is 5.32 Å². The van der Waals surface area contributed by atoms with E-state index < -0.39 is 17.7 Å². The molecule has 21 heavy (non-hydrogen) atoms. The fraction of sp³-hybridized carbons (Fsp3) is 0.643. The summed E-state index contributed by atoms with van der Waals surface area (Å²) in [6.07, 6.45) is 3.48. The molecule has 1 amide bonds. The predicted octanol–water partition coefficient (Wildman–Crippen LogP) is 3.85. The highest BCUT2D eigenvalue weighted by Crippen LogP contribution is 2.38. The molecule has 1 heterocycles. The smallest absolute Gasteiger partial charge is 0.413 e. The van der Waals surface area contributed by atoms with E-state index in [1.165, 1.54) is 0 Å². The molecule has 6 nitrogen and oxygen atoms in total. The van der Waals surface area contributed by atoms with Gasteiger partial charge in [0.05, 0.1) is 5.69 Å². The molecule has 1 saturated carbocycles. The van der Waals surface area contributed by atoms with Gasteiger partial charge in [0.1, 0.15) is 10.5 Å². The van der Waals surface area contributed by atoms with Crippen molar-refractivity contribution >= 4 is 28.5 Å². The SMILES string of the molecule is CC(C)(C)OC(=O)Nc1nc(C2CCCC2)c(C(=O)O)s1. The van der Waals surface area contributed by atoms with Gasteiger partial charge in [-0.2, -0.15) is 0 Å². The zero-order valence-corrected chi connectivity index (χ0v) is 13.2. The third-order valence-corrected chi connectivity index (χ3v) is 4.17. The molecule has 1 aliphatic rings. The Hall–Kier alpha value is -1.63. The molecule has 1 aromatic rings. The molecule has 0 bridgehead atoms. The normalized spacial score (nSPS) is 16.0.